The molecule has 3 aromatic rings. The van der Waals surface area contributed by atoms with E-state index in [9.17, 15) is 4.79 Å². The molecule has 3 rings (SSSR count). The molecule has 1 unspecified atom stereocenters. The van der Waals surface area contributed by atoms with Gasteiger partial charge in [0.2, 0.25) is 0 Å². The van der Waals surface area contributed by atoms with Gasteiger partial charge in [-0.05, 0) is 36.2 Å². The Hall–Kier alpha value is -3.82. The number of halogens is 2. The number of hydrogen-bond acceptors (Lipinski definition) is 5. The molecule has 1 atom stereocenters. The molecule has 3 aromatic carbocycles. The lowest BCUT2D eigenvalue weighted by atomic mass is 9.99. The maximum absolute atomic E-state index is 15.2. The van der Waals surface area contributed by atoms with Gasteiger partial charge >= 0.3 is 0 Å². The fourth-order valence-electron chi connectivity index (χ4n) is 3.52. The predicted molar refractivity (Wildman–Crippen MR) is 128 cm³/mol. The van der Waals surface area contributed by atoms with Gasteiger partial charge < -0.3 is 25.6 Å². The van der Waals surface area contributed by atoms with Crippen molar-refractivity contribution in [2.45, 2.75) is 19.6 Å². The highest BCUT2D eigenvalue weighted by atomic mass is 19.1. The summed E-state index contributed by atoms with van der Waals surface area (Å²) in [6.07, 6.45) is -1.49. The molecule has 1 amide bonds. The number of amides is 1. The van der Waals surface area contributed by atoms with Crippen LogP contribution in [-0.2, 0) is 16.1 Å². The summed E-state index contributed by atoms with van der Waals surface area (Å²) in [7, 11) is 0. The van der Waals surface area contributed by atoms with Crippen molar-refractivity contribution in [2.75, 3.05) is 19.8 Å². The van der Waals surface area contributed by atoms with E-state index in [-0.39, 0.29) is 37.8 Å². The molecule has 0 aliphatic heterocycles. The number of para-hydroxylation sites is 1. The van der Waals surface area contributed by atoms with E-state index in [0.717, 1.165) is 17.7 Å². The summed E-state index contributed by atoms with van der Waals surface area (Å²) in [5.74, 6) is -2.27. The topological polar surface area (TPSA) is 118 Å². The highest BCUT2D eigenvalue weighted by Crippen LogP contribution is 2.34. The number of rotatable bonds is 11. The van der Waals surface area contributed by atoms with Crippen molar-refractivity contribution in [3.8, 4) is 16.9 Å². The lowest BCUT2D eigenvalue weighted by molar-refractivity contribution is -0.133. The molecule has 0 aliphatic carbocycles. The van der Waals surface area contributed by atoms with Gasteiger partial charge in [-0.25, -0.2) is 8.78 Å². The normalized spacial score (nSPS) is 11.7. The van der Waals surface area contributed by atoms with Gasteiger partial charge in [0.25, 0.3) is 5.91 Å². The Kier molecular flexibility index (Phi) is 8.88. The molecule has 0 bridgehead atoms. The Labute approximate surface area is 202 Å². The first-order valence-electron chi connectivity index (χ1n) is 11.0. The van der Waals surface area contributed by atoms with Crippen LogP contribution in [-0.4, -0.2) is 36.7 Å². The number of hydrogen-bond donors (Lipinski definition) is 4. The van der Waals surface area contributed by atoms with Crippen molar-refractivity contribution in [1.29, 1.82) is 5.41 Å². The van der Waals surface area contributed by atoms with Gasteiger partial charge in [0.15, 0.2) is 6.10 Å². The summed E-state index contributed by atoms with van der Waals surface area (Å²) >= 11 is 0. The van der Waals surface area contributed by atoms with Crippen LogP contribution >= 0.6 is 0 Å². The Morgan fingerprint density at radius 1 is 1.11 bits per heavy atom. The SMILES string of the molecule is CCOC(C(=O)NCc1ccc(C(=N)N)cc1)c1c(F)cc(-c2ccccc2OCCO)cc1F. The van der Waals surface area contributed by atoms with E-state index in [0.29, 0.717) is 16.9 Å². The fourth-order valence-corrected chi connectivity index (χ4v) is 3.52. The molecule has 0 radical (unpaired) electrons. The van der Waals surface area contributed by atoms with Crippen LogP contribution in [0.25, 0.3) is 11.1 Å². The predicted octanol–water partition coefficient (Wildman–Crippen LogP) is 3.68. The lowest BCUT2D eigenvalue weighted by Crippen LogP contribution is -2.31. The highest BCUT2D eigenvalue weighted by molar-refractivity contribution is 5.94. The Morgan fingerprint density at radius 3 is 2.37 bits per heavy atom. The first-order valence-corrected chi connectivity index (χ1v) is 11.0. The van der Waals surface area contributed by atoms with E-state index in [1.807, 2.05) is 0 Å². The number of aliphatic hydroxyl groups is 1. The summed E-state index contributed by atoms with van der Waals surface area (Å²) in [6, 6.07) is 15.6. The highest BCUT2D eigenvalue weighted by Gasteiger charge is 2.28. The molecule has 35 heavy (non-hydrogen) atoms. The minimum atomic E-state index is -1.49. The molecular weight excluding hydrogens is 456 g/mol. The number of ether oxygens (including phenoxy) is 2. The van der Waals surface area contributed by atoms with Crippen molar-refractivity contribution in [3.05, 3.63) is 89.0 Å². The molecule has 0 saturated heterocycles. The third-order valence-electron chi connectivity index (χ3n) is 5.19. The zero-order valence-electron chi connectivity index (χ0n) is 19.2. The maximum Gasteiger partial charge on any atom is 0.254 e. The summed E-state index contributed by atoms with van der Waals surface area (Å²) < 4.78 is 41.3. The molecular formula is C26H27F2N3O4. The van der Waals surface area contributed by atoms with Crippen LogP contribution in [0.4, 0.5) is 8.78 Å². The number of nitrogens with one attached hydrogen (secondary N) is 2. The second-order valence-electron chi connectivity index (χ2n) is 7.59. The van der Waals surface area contributed by atoms with Crippen LogP contribution in [0.1, 0.15) is 29.7 Å². The van der Waals surface area contributed by atoms with Gasteiger partial charge in [-0.2, -0.15) is 0 Å². The van der Waals surface area contributed by atoms with E-state index in [2.05, 4.69) is 5.32 Å². The largest absolute Gasteiger partial charge is 0.491 e. The average Bonchev–Trinajstić information content (AvgIpc) is 2.85. The summed E-state index contributed by atoms with van der Waals surface area (Å²) in [4.78, 5) is 12.8. The van der Waals surface area contributed by atoms with Gasteiger partial charge in [0, 0.05) is 24.3 Å². The van der Waals surface area contributed by atoms with Crippen LogP contribution in [0.2, 0.25) is 0 Å². The van der Waals surface area contributed by atoms with Crippen molar-refractivity contribution in [2.24, 2.45) is 5.73 Å². The van der Waals surface area contributed by atoms with Crippen LogP contribution in [0.15, 0.2) is 60.7 Å². The minimum Gasteiger partial charge on any atom is -0.491 e. The van der Waals surface area contributed by atoms with Gasteiger partial charge in [-0.3, -0.25) is 10.2 Å². The third kappa shape index (κ3) is 6.40. The summed E-state index contributed by atoms with van der Waals surface area (Å²) in [5, 5.41) is 19.1. The first kappa shape index (κ1) is 25.8. The molecule has 0 aromatic heterocycles. The van der Waals surface area contributed by atoms with Crippen LogP contribution in [0.5, 0.6) is 5.75 Å². The monoisotopic (exact) mass is 483 g/mol. The number of carbonyl (C=O) groups excluding carboxylic acids is 1. The van der Waals surface area contributed by atoms with Crippen molar-refractivity contribution >= 4 is 11.7 Å². The van der Waals surface area contributed by atoms with E-state index in [1.165, 1.54) is 0 Å². The number of carbonyl (C=O) groups is 1. The Balaban J connectivity index is 1.84. The maximum atomic E-state index is 15.2. The lowest BCUT2D eigenvalue weighted by Gasteiger charge is -2.20. The van der Waals surface area contributed by atoms with E-state index >= 15 is 8.78 Å². The van der Waals surface area contributed by atoms with Gasteiger partial charge in [-0.15, -0.1) is 0 Å². The fraction of sp³-hybridized carbons (Fsp3) is 0.231. The average molecular weight is 484 g/mol. The molecule has 7 nitrogen and oxygen atoms in total. The minimum absolute atomic E-state index is 0.0319. The number of benzene rings is 3. The second-order valence-corrected chi connectivity index (χ2v) is 7.59. The van der Waals surface area contributed by atoms with Crippen LogP contribution in [0.3, 0.4) is 0 Å². The summed E-state index contributed by atoms with van der Waals surface area (Å²) in [6.45, 7) is 1.60. The molecule has 9 heteroatoms. The van der Waals surface area contributed by atoms with Gasteiger partial charge in [-0.1, -0.05) is 42.5 Å². The molecule has 0 heterocycles. The summed E-state index contributed by atoms with van der Waals surface area (Å²) in [5.41, 5.74) is 6.87. The van der Waals surface area contributed by atoms with Crippen molar-refractivity contribution in [1.82, 2.24) is 5.32 Å². The Morgan fingerprint density at radius 2 is 1.77 bits per heavy atom. The smallest absolute Gasteiger partial charge is 0.254 e. The molecule has 0 saturated carbocycles. The molecule has 0 spiro atoms. The number of nitrogen functional groups attached to an aromatic ring is 1. The van der Waals surface area contributed by atoms with Crippen molar-refractivity contribution < 1.29 is 28.2 Å². The third-order valence-corrected chi connectivity index (χ3v) is 5.19. The first-order chi connectivity index (χ1) is 16.8. The van der Waals surface area contributed by atoms with Crippen LogP contribution in [0, 0.1) is 17.0 Å². The zero-order valence-corrected chi connectivity index (χ0v) is 19.2. The van der Waals surface area contributed by atoms with E-state index < -0.39 is 29.2 Å². The molecule has 0 fully saturated rings. The van der Waals surface area contributed by atoms with Crippen molar-refractivity contribution in [3.63, 3.8) is 0 Å². The molecule has 184 valence electrons. The second kappa shape index (κ2) is 12.0. The number of nitrogens with two attached hydrogens (primary N) is 1. The number of amidine groups is 1. The van der Waals surface area contributed by atoms with E-state index in [1.54, 1.807) is 55.5 Å². The quantitative estimate of drug-likeness (QED) is 0.245. The Bertz CT molecular complexity index is 1160. The van der Waals surface area contributed by atoms with E-state index in [4.69, 9.17) is 25.7 Å². The molecule has 0 aliphatic rings. The van der Waals surface area contributed by atoms with Crippen LogP contribution < -0.4 is 15.8 Å². The number of aliphatic hydroxyl groups excluding tert-OH is 1. The zero-order chi connectivity index (χ0) is 25.4. The molecule has 5 N–H and O–H groups in total. The standard InChI is InChI=1S/C26H27F2N3O4/c1-2-34-24(26(33)31-15-16-7-9-17(10-8-16)25(29)30)23-20(27)13-18(14-21(23)28)19-5-3-4-6-22(19)35-12-11-32/h3-10,13-14,24,32H,2,11-12,15H2,1H3,(H3,29,30)(H,31,33). The van der Waals surface area contributed by atoms with Gasteiger partial charge in [0.1, 0.15) is 29.8 Å². The van der Waals surface area contributed by atoms with Gasteiger partial charge in [0.05, 0.1) is 12.2 Å².